The fourth-order valence-corrected chi connectivity index (χ4v) is 4.07. The largest absolute Gasteiger partial charge is 0.486 e. The summed E-state index contributed by atoms with van der Waals surface area (Å²) in [7, 11) is -3.02. The fraction of sp³-hybridized carbons (Fsp3) is 0.400. The number of carbonyl (C=O) groups is 1. The van der Waals surface area contributed by atoms with Crippen LogP contribution in [0.1, 0.15) is 10.6 Å². The van der Waals surface area contributed by atoms with Crippen LogP contribution >= 0.6 is 11.3 Å². The molecular formula is C15H18N4O4S2. The van der Waals surface area contributed by atoms with E-state index in [1.165, 1.54) is 16.2 Å². The number of benzene rings is 1. The molecule has 2 heterocycles. The molecule has 1 saturated heterocycles. The summed E-state index contributed by atoms with van der Waals surface area (Å²) >= 11 is 1.22. The molecule has 0 saturated carbocycles. The molecule has 0 radical (unpaired) electrons. The summed E-state index contributed by atoms with van der Waals surface area (Å²) in [5, 5.41) is 11.5. The molecule has 8 nitrogen and oxygen atoms in total. The average Bonchev–Trinajstić information content (AvgIpc) is 3.01. The summed E-state index contributed by atoms with van der Waals surface area (Å²) < 4.78 is 28.4. The second-order valence-corrected chi connectivity index (χ2v) is 9.04. The van der Waals surface area contributed by atoms with Gasteiger partial charge < -0.3 is 9.64 Å². The highest BCUT2D eigenvalue weighted by atomic mass is 32.2. The molecule has 1 aromatic carbocycles. The van der Waals surface area contributed by atoms with Crippen LogP contribution in [-0.2, 0) is 16.4 Å². The molecule has 25 heavy (non-hydrogen) atoms. The number of ether oxygens (including phenoxy) is 1. The van der Waals surface area contributed by atoms with Crippen molar-refractivity contribution in [2.45, 2.75) is 13.5 Å². The lowest BCUT2D eigenvalue weighted by Gasteiger charge is -2.26. The first-order valence-electron chi connectivity index (χ1n) is 7.69. The van der Waals surface area contributed by atoms with E-state index < -0.39 is 9.84 Å². The minimum absolute atomic E-state index is 0.00776. The Bertz CT molecular complexity index is 835. The Morgan fingerprint density at radius 2 is 1.92 bits per heavy atom. The predicted octanol–water partition coefficient (Wildman–Crippen LogP) is 1.69. The van der Waals surface area contributed by atoms with Crippen molar-refractivity contribution in [3.05, 3.63) is 34.8 Å². The summed E-state index contributed by atoms with van der Waals surface area (Å²) in [6, 6.07) is 7.31. The van der Waals surface area contributed by atoms with E-state index in [1.54, 1.807) is 0 Å². The summed E-state index contributed by atoms with van der Waals surface area (Å²) in [5.41, 5.74) is 1.15. The van der Waals surface area contributed by atoms with Gasteiger partial charge in [-0.1, -0.05) is 29.0 Å². The second kappa shape index (κ2) is 7.36. The Labute approximate surface area is 149 Å². The summed E-state index contributed by atoms with van der Waals surface area (Å²) in [6.45, 7) is 2.65. The zero-order valence-corrected chi connectivity index (χ0v) is 15.3. The van der Waals surface area contributed by atoms with E-state index in [0.29, 0.717) is 10.1 Å². The number of nitrogens with zero attached hydrogens (tertiary/aromatic N) is 3. The number of rotatable bonds is 4. The maximum Gasteiger partial charge on any atom is 0.323 e. The van der Waals surface area contributed by atoms with Gasteiger partial charge in [-0.05, 0) is 19.1 Å². The number of hydrogen-bond donors (Lipinski definition) is 1. The van der Waals surface area contributed by atoms with Crippen LogP contribution in [0.5, 0.6) is 5.75 Å². The number of aromatic nitrogens is 2. The van der Waals surface area contributed by atoms with Crippen LogP contribution < -0.4 is 10.1 Å². The monoisotopic (exact) mass is 382 g/mol. The van der Waals surface area contributed by atoms with E-state index in [1.807, 2.05) is 31.2 Å². The van der Waals surface area contributed by atoms with Crippen molar-refractivity contribution in [3.63, 3.8) is 0 Å². The molecule has 1 fully saturated rings. The molecule has 0 unspecified atom stereocenters. The Morgan fingerprint density at radius 3 is 2.60 bits per heavy atom. The maximum atomic E-state index is 12.1. The van der Waals surface area contributed by atoms with Crippen molar-refractivity contribution in [1.29, 1.82) is 0 Å². The Balaban J connectivity index is 1.51. The number of aryl methyl sites for hydroxylation is 1. The first kappa shape index (κ1) is 17.6. The Hall–Kier alpha value is -2.20. The quantitative estimate of drug-likeness (QED) is 0.863. The molecule has 1 aromatic heterocycles. The first-order valence-corrected chi connectivity index (χ1v) is 10.3. The summed E-state index contributed by atoms with van der Waals surface area (Å²) in [5.74, 6) is 0.721. The molecule has 10 heteroatoms. The summed E-state index contributed by atoms with van der Waals surface area (Å²) in [6.07, 6.45) is 0. The van der Waals surface area contributed by atoms with Gasteiger partial charge in [0.2, 0.25) is 5.13 Å². The van der Waals surface area contributed by atoms with E-state index in [0.717, 1.165) is 11.3 Å². The van der Waals surface area contributed by atoms with Crippen LogP contribution in [0.3, 0.4) is 0 Å². The first-order chi connectivity index (χ1) is 11.9. The third-order valence-electron chi connectivity index (χ3n) is 3.70. The minimum Gasteiger partial charge on any atom is -0.486 e. The van der Waals surface area contributed by atoms with Gasteiger partial charge in [-0.2, -0.15) is 0 Å². The third-order valence-corrected chi connectivity index (χ3v) is 6.12. The predicted molar refractivity (Wildman–Crippen MR) is 94.7 cm³/mol. The fourth-order valence-electron chi connectivity index (χ4n) is 2.23. The number of amides is 2. The van der Waals surface area contributed by atoms with Gasteiger partial charge in [0.25, 0.3) is 0 Å². The summed E-state index contributed by atoms with van der Waals surface area (Å²) in [4.78, 5) is 13.6. The third kappa shape index (κ3) is 4.89. The molecule has 1 aliphatic rings. The molecule has 1 aliphatic heterocycles. The van der Waals surface area contributed by atoms with Crippen LogP contribution in [0.25, 0.3) is 0 Å². The molecule has 0 atom stereocenters. The van der Waals surface area contributed by atoms with Crippen molar-refractivity contribution in [2.24, 2.45) is 0 Å². The second-order valence-electron chi connectivity index (χ2n) is 5.67. The van der Waals surface area contributed by atoms with Crippen LogP contribution in [0.2, 0.25) is 0 Å². The normalized spacial score (nSPS) is 16.4. The smallest absolute Gasteiger partial charge is 0.323 e. The van der Waals surface area contributed by atoms with Gasteiger partial charge in [0.05, 0.1) is 11.5 Å². The number of hydrogen-bond acceptors (Lipinski definition) is 7. The number of urea groups is 1. The lowest BCUT2D eigenvalue weighted by Crippen LogP contribution is -2.45. The van der Waals surface area contributed by atoms with Crippen LogP contribution in [0, 0.1) is 6.92 Å². The van der Waals surface area contributed by atoms with E-state index in [2.05, 4.69) is 15.5 Å². The standard InChI is InChI=1S/C15H18N4O4S2/c1-11-2-4-12(5-3-11)23-10-13-17-18-14(24-13)16-15(20)19-6-8-25(21,22)9-7-19/h2-5H,6-10H2,1H3,(H,16,18,20). The van der Waals surface area contributed by atoms with Crippen molar-refractivity contribution >= 4 is 32.3 Å². The molecule has 2 aromatic rings. The Kier molecular flexibility index (Phi) is 5.19. The topological polar surface area (TPSA) is 101 Å². The van der Waals surface area contributed by atoms with E-state index in [4.69, 9.17) is 4.74 Å². The number of carbonyl (C=O) groups excluding carboxylic acids is 1. The highest BCUT2D eigenvalue weighted by molar-refractivity contribution is 7.91. The number of sulfone groups is 1. The molecule has 0 spiro atoms. The highest BCUT2D eigenvalue weighted by Gasteiger charge is 2.25. The van der Waals surface area contributed by atoms with Gasteiger partial charge in [-0.3, -0.25) is 5.32 Å². The van der Waals surface area contributed by atoms with E-state index in [-0.39, 0.29) is 37.2 Å². The zero-order chi connectivity index (χ0) is 17.9. The van der Waals surface area contributed by atoms with Crippen molar-refractivity contribution in [2.75, 3.05) is 29.9 Å². The van der Waals surface area contributed by atoms with Crippen molar-refractivity contribution in [1.82, 2.24) is 15.1 Å². The lowest BCUT2D eigenvalue weighted by molar-refractivity contribution is 0.216. The highest BCUT2D eigenvalue weighted by Crippen LogP contribution is 2.19. The van der Waals surface area contributed by atoms with Gasteiger partial charge >= 0.3 is 6.03 Å². The van der Waals surface area contributed by atoms with E-state index in [9.17, 15) is 13.2 Å². The molecule has 2 amide bonds. The molecule has 0 bridgehead atoms. The molecule has 0 aliphatic carbocycles. The van der Waals surface area contributed by atoms with Gasteiger partial charge in [-0.25, -0.2) is 13.2 Å². The molecular weight excluding hydrogens is 364 g/mol. The number of anilines is 1. The zero-order valence-electron chi connectivity index (χ0n) is 13.6. The van der Waals surface area contributed by atoms with Gasteiger partial charge in [0.1, 0.15) is 12.4 Å². The van der Waals surface area contributed by atoms with Crippen molar-refractivity contribution < 1.29 is 17.9 Å². The van der Waals surface area contributed by atoms with E-state index >= 15 is 0 Å². The van der Waals surface area contributed by atoms with Gasteiger partial charge in [-0.15, -0.1) is 10.2 Å². The molecule has 134 valence electrons. The maximum absolute atomic E-state index is 12.1. The average molecular weight is 382 g/mol. The number of nitrogens with one attached hydrogen (secondary N) is 1. The SMILES string of the molecule is Cc1ccc(OCc2nnc(NC(=O)N3CCS(=O)(=O)CC3)s2)cc1. The van der Waals surface area contributed by atoms with Crippen LogP contribution in [0.4, 0.5) is 9.93 Å². The van der Waals surface area contributed by atoms with Crippen LogP contribution in [0.15, 0.2) is 24.3 Å². The van der Waals surface area contributed by atoms with Crippen molar-refractivity contribution in [3.8, 4) is 5.75 Å². The minimum atomic E-state index is -3.02. The Morgan fingerprint density at radius 1 is 1.24 bits per heavy atom. The molecule has 3 rings (SSSR count). The molecule has 1 N–H and O–H groups in total. The van der Waals surface area contributed by atoms with Crippen LogP contribution in [-0.4, -0.2) is 54.1 Å². The van der Waals surface area contributed by atoms with Gasteiger partial charge in [0, 0.05) is 13.1 Å². The lowest BCUT2D eigenvalue weighted by atomic mass is 10.2. The van der Waals surface area contributed by atoms with Gasteiger partial charge in [0.15, 0.2) is 14.8 Å².